The summed E-state index contributed by atoms with van der Waals surface area (Å²) in [4.78, 5) is 20.7. The Labute approximate surface area is 142 Å². The predicted molar refractivity (Wildman–Crippen MR) is 93.8 cm³/mol. The van der Waals surface area contributed by atoms with Gasteiger partial charge in [-0.1, -0.05) is 24.3 Å². The van der Waals surface area contributed by atoms with E-state index in [9.17, 15) is 9.90 Å². The molecule has 1 aromatic heterocycles. The number of hydrogen-bond donors (Lipinski definition) is 2. The molecular weight excluding hydrogens is 302 g/mol. The third-order valence-corrected chi connectivity index (χ3v) is 5.06. The summed E-state index contributed by atoms with van der Waals surface area (Å²) in [5, 5.41) is 10.9. The molecular formula is C19H25N3O2. The quantitative estimate of drug-likeness (QED) is 0.882. The number of benzene rings is 1. The normalized spacial score (nSPS) is 17.8. The van der Waals surface area contributed by atoms with Crippen LogP contribution in [-0.4, -0.2) is 38.7 Å². The van der Waals surface area contributed by atoms with Crippen molar-refractivity contribution in [3.63, 3.8) is 0 Å². The highest BCUT2D eigenvalue weighted by Crippen LogP contribution is 2.28. The predicted octanol–water partition coefficient (Wildman–Crippen LogP) is 2.04. The number of aromatic nitrogens is 2. The van der Waals surface area contributed by atoms with Gasteiger partial charge in [-0.2, -0.15) is 0 Å². The van der Waals surface area contributed by atoms with Gasteiger partial charge in [-0.05, 0) is 43.7 Å². The van der Waals surface area contributed by atoms with E-state index in [4.69, 9.17) is 0 Å². The highest BCUT2D eigenvalue weighted by Gasteiger charge is 2.32. The molecule has 2 aromatic rings. The molecule has 3 rings (SSSR count). The lowest BCUT2D eigenvalue weighted by atomic mass is 9.85. The molecule has 0 bridgehead atoms. The van der Waals surface area contributed by atoms with Crippen molar-refractivity contribution in [2.24, 2.45) is 0 Å². The number of hydrogen-bond acceptors (Lipinski definition) is 4. The number of aliphatic hydroxyl groups is 1. The second kappa shape index (κ2) is 7.28. The second-order valence-corrected chi connectivity index (χ2v) is 6.79. The fourth-order valence-electron chi connectivity index (χ4n) is 3.34. The van der Waals surface area contributed by atoms with E-state index in [-0.39, 0.29) is 5.56 Å². The lowest BCUT2D eigenvalue weighted by Gasteiger charge is -2.38. The highest BCUT2D eigenvalue weighted by atomic mass is 16.3. The van der Waals surface area contributed by atoms with Crippen LogP contribution in [0.1, 0.15) is 36.1 Å². The molecule has 0 aliphatic carbocycles. The molecule has 0 unspecified atom stereocenters. The zero-order chi connectivity index (χ0) is 17.0. The van der Waals surface area contributed by atoms with E-state index in [1.165, 1.54) is 11.1 Å². The third-order valence-electron chi connectivity index (χ3n) is 5.06. The Kier molecular flexibility index (Phi) is 5.11. The number of rotatable bonds is 5. The summed E-state index contributed by atoms with van der Waals surface area (Å²) >= 11 is 0. The third kappa shape index (κ3) is 4.10. The average molecular weight is 327 g/mol. The maximum atomic E-state index is 11.7. The Morgan fingerprint density at radius 1 is 1.29 bits per heavy atom. The average Bonchev–Trinajstić information content (AvgIpc) is 2.58. The molecule has 1 aliphatic heterocycles. The molecule has 0 atom stereocenters. The van der Waals surface area contributed by atoms with Crippen molar-refractivity contribution < 1.29 is 5.11 Å². The van der Waals surface area contributed by atoms with E-state index in [2.05, 4.69) is 40.0 Å². The van der Waals surface area contributed by atoms with Crippen LogP contribution in [0, 0.1) is 6.92 Å². The van der Waals surface area contributed by atoms with E-state index in [0.29, 0.717) is 12.2 Å². The lowest BCUT2D eigenvalue weighted by molar-refractivity contribution is -0.0293. The Bertz CT molecular complexity index is 733. The molecule has 5 heteroatoms. The van der Waals surface area contributed by atoms with Gasteiger partial charge in [0.05, 0.1) is 5.60 Å². The summed E-state index contributed by atoms with van der Waals surface area (Å²) in [5.41, 5.74) is 2.41. The van der Waals surface area contributed by atoms with E-state index < -0.39 is 5.60 Å². The zero-order valence-electron chi connectivity index (χ0n) is 14.2. The second-order valence-electron chi connectivity index (χ2n) is 6.79. The molecule has 0 saturated carbocycles. The first-order valence-electron chi connectivity index (χ1n) is 8.58. The summed E-state index contributed by atoms with van der Waals surface area (Å²) in [6, 6.07) is 8.36. The van der Waals surface area contributed by atoms with E-state index in [1.807, 2.05) is 6.07 Å². The van der Waals surface area contributed by atoms with Crippen LogP contribution in [0.25, 0.3) is 0 Å². The molecule has 0 radical (unpaired) electrons. The summed E-state index contributed by atoms with van der Waals surface area (Å²) in [7, 11) is 0. The molecule has 1 saturated heterocycles. The van der Waals surface area contributed by atoms with Crippen LogP contribution < -0.4 is 5.56 Å². The van der Waals surface area contributed by atoms with E-state index in [1.54, 1.807) is 12.4 Å². The molecule has 128 valence electrons. The first-order valence-corrected chi connectivity index (χ1v) is 8.58. The first kappa shape index (κ1) is 16.9. The minimum Gasteiger partial charge on any atom is -0.390 e. The molecule has 24 heavy (non-hydrogen) atoms. The van der Waals surface area contributed by atoms with Crippen molar-refractivity contribution in [1.82, 2.24) is 14.9 Å². The standard InChI is InChI=1S/C19H25N3O2/c1-15-4-2-3-5-16(15)6-7-19(24)8-12-22(13-9-19)14-17-18(23)21-11-10-20-17/h2-5,10-11,24H,6-9,12-14H2,1H3,(H,21,23). The number of likely N-dealkylation sites (tertiary alicyclic amines) is 1. The fraction of sp³-hybridized carbons (Fsp3) is 0.474. The molecule has 0 amide bonds. The molecule has 1 aromatic carbocycles. The van der Waals surface area contributed by atoms with E-state index >= 15 is 0 Å². The van der Waals surface area contributed by atoms with Gasteiger partial charge in [0, 0.05) is 32.0 Å². The van der Waals surface area contributed by atoms with E-state index in [0.717, 1.165) is 38.8 Å². The number of nitrogens with one attached hydrogen (secondary N) is 1. The largest absolute Gasteiger partial charge is 0.390 e. The highest BCUT2D eigenvalue weighted by molar-refractivity contribution is 5.25. The SMILES string of the molecule is Cc1ccccc1CCC1(O)CCN(Cc2ncc[nH]c2=O)CC1. The van der Waals surface area contributed by atoms with Gasteiger partial charge in [-0.15, -0.1) is 0 Å². The van der Waals surface area contributed by atoms with Gasteiger partial charge in [-0.3, -0.25) is 14.7 Å². The Morgan fingerprint density at radius 2 is 2.04 bits per heavy atom. The van der Waals surface area contributed by atoms with Crippen LogP contribution in [-0.2, 0) is 13.0 Å². The fourth-order valence-corrected chi connectivity index (χ4v) is 3.34. The lowest BCUT2D eigenvalue weighted by Crippen LogP contribution is -2.44. The summed E-state index contributed by atoms with van der Waals surface area (Å²) in [6.07, 6.45) is 6.33. The van der Waals surface area contributed by atoms with Gasteiger partial charge >= 0.3 is 0 Å². The number of H-pyrrole nitrogens is 1. The van der Waals surface area contributed by atoms with Gasteiger partial charge in [0.1, 0.15) is 5.69 Å². The van der Waals surface area contributed by atoms with Crippen LogP contribution >= 0.6 is 0 Å². The van der Waals surface area contributed by atoms with Crippen LogP contribution in [0.3, 0.4) is 0 Å². The minimum atomic E-state index is -0.602. The van der Waals surface area contributed by atoms with Gasteiger partial charge in [-0.25, -0.2) is 0 Å². The molecule has 1 aliphatic rings. The van der Waals surface area contributed by atoms with Gasteiger partial charge in [0.25, 0.3) is 5.56 Å². The van der Waals surface area contributed by atoms with Crippen molar-refractivity contribution in [2.75, 3.05) is 13.1 Å². The number of aromatic amines is 1. The smallest absolute Gasteiger partial charge is 0.270 e. The Morgan fingerprint density at radius 3 is 2.75 bits per heavy atom. The molecule has 2 N–H and O–H groups in total. The van der Waals surface area contributed by atoms with Crippen LogP contribution in [0.5, 0.6) is 0 Å². The van der Waals surface area contributed by atoms with Crippen molar-refractivity contribution in [2.45, 2.75) is 44.8 Å². The van der Waals surface area contributed by atoms with Crippen molar-refractivity contribution in [3.8, 4) is 0 Å². The topological polar surface area (TPSA) is 69.2 Å². The van der Waals surface area contributed by atoms with Crippen LogP contribution in [0.2, 0.25) is 0 Å². The Balaban J connectivity index is 1.53. The van der Waals surface area contributed by atoms with Gasteiger partial charge in [0.15, 0.2) is 0 Å². The maximum absolute atomic E-state index is 11.7. The number of nitrogens with zero attached hydrogens (tertiary/aromatic N) is 2. The summed E-state index contributed by atoms with van der Waals surface area (Å²) < 4.78 is 0. The molecule has 0 spiro atoms. The van der Waals surface area contributed by atoms with Crippen molar-refractivity contribution in [3.05, 3.63) is 63.8 Å². The first-order chi connectivity index (χ1) is 11.6. The summed E-state index contributed by atoms with van der Waals surface area (Å²) in [6.45, 7) is 4.25. The monoisotopic (exact) mass is 327 g/mol. The van der Waals surface area contributed by atoms with Gasteiger partial charge < -0.3 is 10.1 Å². The van der Waals surface area contributed by atoms with Crippen molar-refractivity contribution >= 4 is 0 Å². The van der Waals surface area contributed by atoms with Gasteiger partial charge in [0.2, 0.25) is 0 Å². The molecule has 5 nitrogen and oxygen atoms in total. The Hall–Kier alpha value is -1.98. The maximum Gasteiger partial charge on any atom is 0.270 e. The molecule has 1 fully saturated rings. The molecule has 2 heterocycles. The van der Waals surface area contributed by atoms with Crippen LogP contribution in [0.15, 0.2) is 41.5 Å². The minimum absolute atomic E-state index is 0.127. The van der Waals surface area contributed by atoms with Crippen molar-refractivity contribution in [1.29, 1.82) is 0 Å². The number of aryl methyl sites for hydroxylation is 2. The van der Waals surface area contributed by atoms with Crippen LogP contribution in [0.4, 0.5) is 0 Å². The summed E-state index contributed by atoms with van der Waals surface area (Å²) in [5.74, 6) is 0. The number of piperidine rings is 1. The zero-order valence-corrected chi connectivity index (χ0v) is 14.2.